The average molecular weight is 787 g/mol. The lowest BCUT2D eigenvalue weighted by molar-refractivity contribution is -0.129. The van der Waals surface area contributed by atoms with Gasteiger partial charge >= 0.3 is 6.03 Å². The van der Waals surface area contributed by atoms with Crippen molar-refractivity contribution in [1.82, 2.24) is 25.1 Å². The molecule has 4 heterocycles. The number of anilines is 4. The van der Waals surface area contributed by atoms with Crippen molar-refractivity contribution in [3.8, 4) is 17.0 Å². The second-order valence-electron chi connectivity index (χ2n) is 15.0. The number of hydrogen-bond acceptors (Lipinski definition) is 9. The smallest absolute Gasteiger partial charge is 0.328 e. The Morgan fingerprint density at radius 3 is 2.59 bits per heavy atom. The number of aromatic nitrogens is 2. The number of hydrogen-bond donors (Lipinski definition) is 3. The van der Waals surface area contributed by atoms with Crippen LogP contribution in [-0.2, 0) is 22.4 Å². The van der Waals surface area contributed by atoms with Crippen molar-refractivity contribution < 1.29 is 23.5 Å². The number of fused-ring (bicyclic) bond motifs is 2. The summed E-state index contributed by atoms with van der Waals surface area (Å²) in [5.74, 6) is 0.391. The molecule has 0 unspecified atom stereocenters. The van der Waals surface area contributed by atoms with Gasteiger partial charge in [-0.15, -0.1) is 0 Å². The van der Waals surface area contributed by atoms with Gasteiger partial charge in [0, 0.05) is 74.4 Å². The first-order valence-electron chi connectivity index (χ1n) is 20.1. The second-order valence-corrected chi connectivity index (χ2v) is 15.0. The minimum Gasteiger partial charge on any atom is -0.474 e. The van der Waals surface area contributed by atoms with Crippen LogP contribution in [0, 0.1) is 12.7 Å². The van der Waals surface area contributed by atoms with Crippen LogP contribution in [0.2, 0.25) is 0 Å². The number of benzene rings is 3. The molecular formula is C45H51FN8O4. The number of halogens is 1. The molecular weight excluding hydrogens is 736 g/mol. The predicted molar refractivity (Wildman–Crippen MR) is 226 cm³/mol. The number of rotatable bonds is 16. The number of nitrogens with zero attached hydrogens (tertiary/aromatic N) is 5. The Labute approximate surface area is 338 Å². The highest BCUT2D eigenvalue weighted by molar-refractivity contribution is 6.05. The summed E-state index contributed by atoms with van der Waals surface area (Å²) in [7, 11) is 1.78. The summed E-state index contributed by atoms with van der Waals surface area (Å²) >= 11 is 0. The number of carbonyl (C=O) groups excluding carboxylic acids is 3. The Bertz CT molecular complexity index is 2280. The van der Waals surface area contributed by atoms with Gasteiger partial charge in [-0.3, -0.25) is 19.8 Å². The fraction of sp³-hybridized carbons (Fsp3) is 0.356. The number of aryl methyl sites for hydroxylation is 1. The first kappa shape index (κ1) is 40.1. The first-order chi connectivity index (χ1) is 28.1. The standard InChI is InChI=1S/C45H51FN8O4/c1-4-18-53(19-6-5-7-31-8-14-37(15-9-31)54-20-16-41(55)51-45(54)57)22-21-52(3)42(56)26-33-12-13-36(27-39(33)46)50-40-25-35-24-32(10-11-34(35)28-48-40)38-29-49-44-43(30(38)2)47-17-23-58-44/h8-15,24-25,27-29,47H,4-7,16-23,26H2,1-3H3,(H,48,50)(H,51,55,57). The summed E-state index contributed by atoms with van der Waals surface area (Å²) in [5.41, 5.74) is 6.91. The van der Waals surface area contributed by atoms with E-state index in [4.69, 9.17) is 4.74 Å². The lowest BCUT2D eigenvalue weighted by atomic mass is 9.99. The normalized spacial score (nSPS) is 13.8. The Kier molecular flexibility index (Phi) is 12.8. The van der Waals surface area contributed by atoms with E-state index >= 15 is 4.39 Å². The third-order valence-corrected chi connectivity index (χ3v) is 10.9. The second kappa shape index (κ2) is 18.5. The minimum absolute atomic E-state index is 0.0225. The summed E-state index contributed by atoms with van der Waals surface area (Å²) < 4.78 is 21.1. The number of unbranched alkanes of at least 4 members (excludes halogenated alkanes) is 1. The van der Waals surface area contributed by atoms with Crippen LogP contribution in [0.1, 0.15) is 49.3 Å². The number of nitrogens with one attached hydrogen (secondary N) is 3. The van der Waals surface area contributed by atoms with Crippen LogP contribution >= 0.6 is 0 Å². The van der Waals surface area contributed by atoms with Crippen LogP contribution in [0.5, 0.6) is 5.88 Å². The molecule has 0 saturated carbocycles. The van der Waals surface area contributed by atoms with E-state index in [9.17, 15) is 14.4 Å². The zero-order valence-corrected chi connectivity index (χ0v) is 33.4. The SMILES string of the molecule is CCCN(CCCCc1ccc(N2CCC(=O)NC2=O)cc1)CCN(C)C(=O)Cc1ccc(Nc2cc3cc(-c4cnc5c(c4C)NCCO5)ccc3cn2)cc1F. The Balaban J connectivity index is 0.878. The lowest BCUT2D eigenvalue weighted by Crippen LogP contribution is -2.49. The topological polar surface area (TPSA) is 132 Å². The quantitative estimate of drug-likeness (QED) is 0.0872. The van der Waals surface area contributed by atoms with E-state index in [0.29, 0.717) is 49.1 Å². The Morgan fingerprint density at radius 1 is 0.948 bits per heavy atom. The molecule has 7 rings (SSSR count). The molecule has 2 aromatic heterocycles. The van der Waals surface area contributed by atoms with Gasteiger partial charge in [0.15, 0.2) is 0 Å². The van der Waals surface area contributed by atoms with E-state index in [0.717, 1.165) is 90.7 Å². The molecule has 3 aromatic carbocycles. The van der Waals surface area contributed by atoms with E-state index in [1.54, 1.807) is 35.2 Å². The summed E-state index contributed by atoms with van der Waals surface area (Å²) in [4.78, 5) is 51.5. The molecule has 4 amide bonds. The van der Waals surface area contributed by atoms with Crippen LogP contribution < -0.4 is 25.6 Å². The van der Waals surface area contributed by atoms with E-state index in [1.807, 2.05) is 42.6 Å². The van der Waals surface area contributed by atoms with Gasteiger partial charge in [0.1, 0.15) is 23.9 Å². The monoisotopic (exact) mass is 786 g/mol. The fourth-order valence-electron chi connectivity index (χ4n) is 7.49. The van der Waals surface area contributed by atoms with E-state index in [2.05, 4.69) is 56.8 Å². The van der Waals surface area contributed by atoms with E-state index in [1.165, 1.54) is 11.6 Å². The van der Waals surface area contributed by atoms with Gasteiger partial charge in [-0.1, -0.05) is 37.3 Å². The molecule has 0 aliphatic carbocycles. The highest BCUT2D eigenvalue weighted by atomic mass is 19.1. The number of carbonyl (C=O) groups is 3. The van der Waals surface area contributed by atoms with Crippen LogP contribution in [0.4, 0.5) is 32.1 Å². The van der Waals surface area contributed by atoms with Crippen LogP contribution in [0.3, 0.4) is 0 Å². The number of likely N-dealkylation sites (N-methyl/N-ethyl adjacent to an activating group) is 1. The molecule has 0 radical (unpaired) electrons. The van der Waals surface area contributed by atoms with Crippen LogP contribution in [0.25, 0.3) is 21.9 Å². The van der Waals surface area contributed by atoms with Crippen molar-refractivity contribution in [2.45, 2.75) is 52.4 Å². The van der Waals surface area contributed by atoms with Crippen molar-refractivity contribution in [2.24, 2.45) is 0 Å². The van der Waals surface area contributed by atoms with Gasteiger partial charge < -0.3 is 25.2 Å². The van der Waals surface area contributed by atoms with Crippen molar-refractivity contribution in [1.29, 1.82) is 0 Å². The molecule has 0 spiro atoms. The molecule has 302 valence electrons. The third kappa shape index (κ3) is 9.71. The zero-order valence-electron chi connectivity index (χ0n) is 33.4. The summed E-state index contributed by atoms with van der Waals surface area (Å²) in [5, 5.41) is 11.0. The van der Waals surface area contributed by atoms with Gasteiger partial charge in [0.05, 0.1) is 6.42 Å². The predicted octanol–water partition coefficient (Wildman–Crippen LogP) is 7.47. The maximum Gasteiger partial charge on any atom is 0.328 e. The Morgan fingerprint density at radius 2 is 1.79 bits per heavy atom. The third-order valence-electron chi connectivity index (χ3n) is 10.9. The van der Waals surface area contributed by atoms with Crippen LogP contribution in [-0.4, -0.2) is 90.5 Å². The number of pyridine rings is 2. The lowest BCUT2D eigenvalue weighted by Gasteiger charge is -2.26. The number of urea groups is 1. The molecule has 0 atom stereocenters. The fourth-order valence-corrected chi connectivity index (χ4v) is 7.49. The largest absolute Gasteiger partial charge is 0.474 e. The highest BCUT2D eigenvalue weighted by Crippen LogP contribution is 2.36. The van der Waals surface area contributed by atoms with Gasteiger partial charge in [-0.25, -0.2) is 19.2 Å². The van der Waals surface area contributed by atoms with E-state index < -0.39 is 5.82 Å². The molecule has 13 heteroatoms. The first-order valence-corrected chi connectivity index (χ1v) is 20.1. The summed E-state index contributed by atoms with van der Waals surface area (Å²) in [6.07, 6.45) is 7.87. The van der Waals surface area contributed by atoms with Gasteiger partial charge in [0.2, 0.25) is 17.7 Å². The molecule has 5 aromatic rings. The van der Waals surface area contributed by atoms with E-state index in [-0.39, 0.29) is 24.3 Å². The molecule has 1 saturated heterocycles. The van der Waals surface area contributed by atoms with Crippen molar-refractivity contribution in [3.63, 3.8) is 0 Å². The molecule has 0 bridgehead atoms. The van der Waals surface area contributed by atoms with Crippen LogP contribution in [0.15, 0.2) is 79.1 Å². The van der Waals surface area contributed by atoms with Crippen molar-refractivity contribution in [3.05, 3.63) is 102 Å². The highest BCUT2D eigenvalue weighted by Gasteiger charge is 2.24. The summed E-state index contributed by atoms with van der Waals surface area (Å²) in [6, 6.07) is 20.6. The molecule has 58 heavy (non-hydrogen) atoms. The van der Waals surface area contributed by atoms with Crippen molar-refractivity contribution >= 4 is 51.5 Å². The van der Waals surface area contributed by atoms with Gasteiger partial charge in [0.25, 0.3) is 0 Å². The van der Waals surface area contributed by atoms with Gasteiger partial charge in [-0.2, -0.15) is 0 Å². The maximum atomic E-state index is 15.4. The average Bonchev–Trinajstić information content (AvgIpc) is 3.22. The summed E-state index contributed by atoms with van der Waals surface area (Å²) in [6.45, 7) is 9.09. The zero-order chi connectivity index (χ0) is 40.6. The molecule has 1 fully saturated rings. The molecule has 2 aliphatic rings. The van der Waals surface area contributed by atoms with Crippen molar-refractivity contribution in [2.75, 3.05) is 68.5 Å². The number of imide groups is 1. The number of amides is 4. The minimum atomic E-state index is -0.446. The number of ether oxygens (including phenoxy) is 1. The molecule has 3 N–H and O–H groups in total. The Hall–Kier alpha value is -6.08. The molecule has 12 nitrogen and oxygen atoms in total. The van der Waals surface area contributed by atoms with Gasteiger partial charge in [-0.05, 0) is 110 Å². The maximum absolute atomic E-state index is 15.4. The molecule has 2 aliphatic heterocycles.